The Kier molecular flexibility index (Phi) is 6.10. The highest BCUT2D eigenvalue weighted by Gasteiger charge is 2.04. The van der Waals surface area contributed by atoms with E-state index in [0.29, 0.717) is 0 Å². The summed E-state index contributed by atoms with van der Waals surface area (Å²) in [6, 6.07) is 6.48. The zero-order chi connectivity index (χ0) is 14.2. The molecule has 0 aliphatic heterocycles. The van der Waals surface area contributed by atoms with E-state index in [-0.39, 0.29) is 0 Å². The lowest BCUT2D eigenvalue weighted by Crippen LogP contribution is -1.88. The third-order valence-corrected chi connectivity index (χ3v) is 4.01. The smallest absolute Gasteiger partial charge is 0.104 e. The highest BCUT2D eigenvalue weighted by atomic mass is 14.9. The molecule has 2 nitrogen and oxygen atoms in total. The Morgan fingerprint density at radius 2 is 1.65 bits per heavy atom. The molecule has 0 saturated carbocycles. The summed E-state index contributed by atoms with van der Waals surface area (Å²) < 4.78 is 0. The van der Waals surface area contributed by atoms with E-state index < -0.39 is 0 Å². The summed E-state index contributed by atoms with van der Waals surface area (Å²) in [5.74, 6) is 1.02. The molecule has 20 heavy (non-hydrogen) atoms. The van der Waals surface area contributed by atoms with Crippen LogP contribution in [0.25, 0.3) is 11.0 Å². The second-order valence-electron chi connectivity index (χ2n) is 5.86. The molecule has 110 valence electrons. The third-order valence-electron chi connectivity index (χ3n) is 4.01. The van der Waals surface area contributed by atoms with Crippen LogP contribution >= 0.6 is 0 Å². The summed E-state index contributed by atoms with van der Waals surface area (Å²) in [5, 5.41) is 0. The molecule has 1 aromatic heterocycles. The van der Waals surface area contributed by atoms with Crippen LogP contribution < -0.4 is 0 Å². The number of H-pyrrole nitrogens is 1. The zero-order valence-corrected chi connectivity index (χ0v) is 13.0. The van der Waals surface area contributed by atoms with Crippen LogP contribution in [0.2, 0.25) is 0 Å². The van der Waals surface area contributed by atoms with Crippen molar-refractivity contribution in [3.8, 4) is 0 Å². The summed E-state index contributed by atoms with van der Waals surface area (Å²) >= 11 is 0. The Morgan fingerprint density at radius 1 is 0.950 bits per heavy atom. The van der Waals surface area contributed by atoms with Crippen LogP contribution in [0.3, 0.4) is 0 Å². The number of fused-ring (bicyclic) bond motifs is 1. The summed E-state index contributed by atoms with van der Waals surface area (Å²) in [6.45, 7) is 4.30. The number of hydrogen-bond acceptors (Lipinski definition) is 1. The van der Waals surface area contributed by atoms with Crippen LogP contribution in [0, 0.1) is 6.92 Å². The van der Waals surface area contributed by atoms with Crippen molar-refractivity contribution in [3.63, 3.8) is 0 Å². The van der Waals surface area contributed by atoms with Crippen molar-refractivity contribution in [1.29, 1.82) is 0 Å². The lowest BCUT2D eigenvalue weighted by molar-refractivity contribution is 0.576. The van der Waals surface area contributed by atoms with Gasteiger partial charge in [-0.3, -0.25) is 0 Å². The van der Waals surface area contributed by atoms with Crippen molar-refractivity contribution < 1.29 is 0 Å². The largest absolute Gasteiger partial charge is 0.342 e. The molecular formula is C18H28N2. The van der Waals surface area contributed by atoms with Gasteiger partial charge in [-0.2, -0.15) is 0 Å². The van der Waals surface area contributed by atoms with Crippen LogP contribution in [-0.4, -0.2) is 9.97 Å². The van der Waals surface area contributed by atoms with E-state index in [0.717, 1.165) is 12.2 Å². The minimum atomic E-state index is 1.02. The Balaban J connectivity index is 1.70. The number of unbranched alkanes of at least 4 members (excludes halogenated alkanes) is 7. The van der Waals surface area contributed by atoms with Crippen molar-refractivity contribution in [2.24, 2.45) is 0 Å². The normalized spacial score (nSPS) is 11.3. The first-order chi connectivity index (χ1) is 9.81. The molecule has 1 N–H and O–H groups in total. The molecule has 1 heterocycles. The molecule has 0 aliphatic rings. The predicted octanol–water partition coefficient (Wildman–Crippen LogP) is 5.55. The SMILES string of the molecule is CCCCCCCCCCc1cccc2[nH]c(C)nc12. The van der Waals surface area contributed by atoms with E-state index >= 15 is 0 Å². The number of rotatable bonds is 9. The summed E-state index contributed by atoms with van der Waals surface area (Å²) in [4.78, 5) is 7.92. The van der Waals surface area contributed by atoms with Crippen molar-refractivity contribution in [2.75, 3.05) is 0 Å². The third kappa shape index (κ3) is 4.36. The van der Waals surface area contributed by atoms with Gasteiger partial charge in [0.25, 0.3) is 0 Å². The lowest BCUT2D eigenvalue weighted by Gasteiger charge is -2.03. The first-order valence-electron chi connectivity index (χ1n) is 8.25. The summed E-state index contributed by atoms with van der Waals surface area (Å²) in [6.07, 6.45) is 12.2. The number of aromatic nitrogens is 2. The molecule has 1 aromatic carbocycles. The molecule has 0 radical (unpaired) electrons. The fourth-order valence-corrected chi connectivity index (χ4v) is 2.87. The van der Waals surface area contributed by atoms with Gasteiger partial charge in [0.15, 0.2) is 0 Å². The topological polar surface area (TPSA) is 28.7 Å². The summed E-state index contributed by atoms with van der Waals surface area (Å²) in [5.41, 5.74) is 3.75. The quantitative estimate of drug-likeness (QED) is 0.595. The van der Waals surface area contributed by atoms with Gasteiger partial charge < -0.3 is 4.98 Å². The number of aromatic amines is 1. The molecule has 2 aromatic rings. The van der Waals surface area contributed by atoms with Gasteiger partial charge >= 0.3 is 0 Å². The van der Waals surface area contributed by atoms with Crippen molar-refractivity contribution in [3.05, 3.63) is 29.6 Å². The molecule has 0 saturated heterocycles. The van der Waals surface area contributed by atoms with E-state index in [2.05, 4.69) is 35.1 Å². The fourth-order valence-electron chi connectivity index (χ4n) is 2.87. The van der Waals surface area contributed by atoms with Crippen LogP contribution in [0.1, 0.15) is 69.7 Å². The highest BCUT2D eigenvalue weighted by Crippen LogP contribution is 2.19. The molecule has 0 unspecified atom stereocenters. The number of nitrogens with one attached hydrogen (secondary N) is 1. The first kappa shape index (κ1) is 15.1. The van der Waals surface area contributed by atoms with Gasteiger partial charge in [0.05, 0.1) is 11.0 Å². The number of imidazole rings is 1. The number of nitrogens with zero attached hydrogens (tertiary/aromatic N) is 1. The molecule has 0 spiro atoms. The van der Waals surface area contributed by atoms with Crippen LogP contribution in [0.4, 0.5) is 0 Å². The van der Waals surface area contributed by atoms with Crippen molar-refractivity contribution in [2.45, 2.75) is 71.6 Å². The minimum absolute atomic E-state index is 1.02. The molecule has 2 heteroatoms. The predicted molar refractivity (Wildman–Crippen MR) is 87.1 cm³/mol. The van der Waals surface area contributed by atoms with E-state index in [9.17, 15) is 0 Å². The van der Waals surface area contributed by atoms with E-state index in [1.165, 1.54) is 68.0 Å². The maximum Gasteiger partial charge on any atom is 0.104 e. The Bertz CT molecular complexity index is 513. The molecule has 0 atom stereocenters. The molecule has 0 amide bonds. The molecule has 0 bridgehead atoms. The fraction of sp³-hybridized carbons (Fsp3) is 0.611. The average Bonchev–Trinajstić information content (AvgIpc) is 2.83. The van der Waals surface area contributed by atoms with Gasteiger partial charge in [0.2, 0.25) is 0 Å². The Labute approximate surface area is 123 Å². The van der Waals surface area contributed by atoms with Crippen molar-refractivity contribution in [1.82, 2.24) is 9.97 Å². The second-order valence-corrected chi connectivity index (χ2v) is 5.86. The Hall–Kier alpha value is -1.31. The maximum atomic E-state index is 4.61. The number of benzene rings is 1. The zero-order valence-electron chi connectivity index (χ0n) is 13.0. The maximum absolute atomic E-state index is 4.61. The highest BCUT2D eigenvalue weighted by molar-refractivity contribution is 5.78. The van der Waals surface area contributed by atoms with Gasteiger partial charge in [0.1, 0.15) is 5.82 Å². The van der Waals surface area contributed by atoms with E-state index in [4.69, 9.17) is 0 Å². The molecule has 0 fully saturated rings. The van der Waals surface area contributed by atoms with E-state index in [1.54, 1.807) is 0 Å². The number of hydrogen-bond donors (Lipinski definition) is 1. The monoisotopic (exact) mass is 272 g/mol. The number of aryl methyl sites for hydroxylation is 2. The Morgan fingerprint density at radius 3 is 2.40 bits per heavy atom. The molecular weight excluding hydrogens is 244 g/mol. The average molecular weight is 272 g/mol. The van der Waals surface area contributed by atoms with Gasteiger partial charge in [-0.25, -0.2) is 4.98 Å². The van der Waals surface area contributed by atoms with Crippen LogP contribution in [0.5, 0.6) is 0 Å². The molecule has 0 aliphatic carbocycles. The second kappa shape index (κ2) is 8.08. The van der Waals surface area contributed by atoms with Crippen LogP contribution in [0.15, 0.2) is 18.2 Å². The number of para-hydroxylation sites is 1. The lowest BCUT2D eigenvalue weighted by atomic mass is 10.0. The van der Waals surface area contributed by atoms with Crippen LogP contribution in [-0.2, 0) is 6.42 Å². The summed E-state index contributed by atoms with van der Waals surface area (Å²) in [7, 11) is 0. The van der Waals surface area contributed by atoms with Gasteiger partial charge in [-0.05, 0) is 31.4 Å². The molecule has 2 rings (SSSR count). The van der Waals surface area contributed by atoms with Gasteiger partial charge in [-0.15, -0.1) is 0 Å². The van der Waals surface area contributed by atoms with Gasteiger partial charge in [0, 0.05) is 0 Å². The van der Waals surface area contributed by atoms with E-state index in [1.807, 2.05) is 6.92 Å². The first-order valence-corrected chi connectivity index (χ1v) is 8.25. The standard InChI is InChI=1S/C18H28N2/c1-3-4-5-6-7-8-9-10-12-16-13-11-14-17-18(16)20-15(2)19-17/h11,13-14H,3-10,12H2,1-2H3,(H,19,20). The minimum Gasteiger partial charge on any atom is -0.342 e. The van der Waals surface area contributed by atoms with Gasteiger partial charge in [-0.1, -0.05) is 64.0 Å². The van der Waals surface area contributed by atoms with Crippen molar-refractivity contribution >= 4 is 11.0 Å².